The minimum absolute atomic E-state index is 0.0138. The van der Waals surface area contributed by atoms with Gasteiger partial charge in [0.15, 0.2) is 5.82 Å². The van der Waals surface area contributed by atoms with E-state index in [1.54, 1.807) is 6.20 Å². The first kappa shape index (κ1) is 14.1. The van der Waals surface area contributed by atoms with Gasteiger partial charge in [0, 0.05) is 26.5 Å². The summed E-state index contributed by atoms with van der Waals surface area (Å²) in [6.07, 6.45) is 5.14. The van der Waals surface area contributed by atoms with Crippen LogP contribution in [0, 0.1) is 0 Å². The van der Waals surface area contributed by atoms with Crippen molar-refractivity contribution >= 4 is 11.5 Å². The summed E-state index contributed by atoms with van der Waals surface area (Å²) in [6, 6.07) is 0. The van der Waals surface area contributed by atoms with Gasteiger partial charge in [-0.3, -0.25) is 0 Å². The van der Waals surface area contributed by atoms with Crippen LogP contribution in [0.2, 0.25) is 0 Å². The summed E-state index contributed by atoms with van der Waals surface area (Å²) in [7, 11) is 3.86. The van der Waals surface area contributed by atoms with Crippen molar-refractivity contribution in [2.45, 2.75) is 26.5 Å². The van der Waals surface area contributed by atoms with E-state index in [4.69, 9.17) is 10.5 Å². The number of aromatic nitrogens is 4. The number of hydrogen-bond donors (Lipinski definition) is 1. The molecule has 0 spiro atoms. The molecule has 0 saturated heterocycles. The quantitative estimate of drug-likeness (QED) is 0.884. The summed E-state index contributed by atoms with van der Waals surface area (Å²) in [4.78, 5) is 14.5. The summed E-state index contributed by atoms with van der Waals surface area (Å²) >= 11 is 0. The van der Waals surface area contributed by atoms with Crippen LogP contribution in [0.1, 0.15) is 19.7 Å². The van der Waals surface area contributed by atoms with Crippen LogP contribution >= 0.6 is 0 Å². The van der Waals surface area contributed by atoms with Crippen LogP contribution in [-0.4, -0.2) is 32.7 Å². The predicted molar refractivity (Wildman–Crippen MR) is 77.5 cm³/mol. The Morgan fingerprint density at radius 2 is 2.10 bits per heavy atom. The molecule has 2 aromatic rings. The van der Waals surface area contributed by atoms with Crippen LogP contribution in [0.15, 0.2) is 18.7 Å². The average Bonchev–Trinajstić information content (AvgIpc) is 2.77. The number of imidazole rings is 1. The summed E-state index contributed by atoms with van der Waals surface area (Å²) in [5.74, 6) is 1.98. The first-order valence-corrected chi connectivity index (χ1v) is 6.43. The largest absolute Gasteiger partial charge is 0.473 e. The lowest BCUT2D eigenvalue weighted by atomic mass is 10.4. The molecular formula is C13H20N6O. The molecule has 2 heterocycles. The Hall–Kier alpha value is -2.31. The second kappa shape index (κ2) is 5.77. The number of anilines is 2. The van der Waals surface area contributed by atoms with Crippen LogP contribution in [-0.2, 0) is 13.6 Å². The van der Waals surface area contributed by atoms with Gasteiger partial charge in [-0.25, -0.2) is 9.97 Å². The lowest BCUT2D eigenvalue weighted by Gasteiger charge is -2.20. The van der Waals surface area contributed by atoms with E-state index >= 15 is 0 Å². The van der Waals surface area contributed by atoms with Gasteiger partial charge in [0.25, 0.3) is 0 Å². The van der Waals surface area contributed by atoms with Crippen molar-refractivity contribution in [3.63, 3.8) is 0 Å². The third kappa shape index (κ3) is 2.98. The molecule has 0 atom stereocenters. The fraction of sp³-hybridized carbons (Fsp3) is 0.462. The van der Waals surface area contributed by atoms with Crippen LogP contribution in [0.4, 0.5) is 11.5 Å². The lowest BCUT2D eigenvalue weighted by molar-refractivity contribution is 0.234. The molecular weight excluding hydrogens is 256 g/mol. The Bertz CT molecular complexity index is 580. The molecule has 0 unspecified atom stereocenters. The van der Waals surface area contributed by atoms with Crippen molar-refractivity contribution in [3.8, 4) is 5.88 Å². The van der Waals surface area contributed by atoms with Crippen LogP contribution < -0.4 is 15.4 Å². The first-order valence-electron chi connectivity index (χ1n) is 6.43. The Balaban J connectivity index is 2.21. The SMILES string of the molecule is CC(C)Oc1ncnc(N(C)Cc2nccn2C)c1N. The maximum Gasteiger partial charge on any atom is 0.242 e. The van der Waals surface area contributed by atoms with Crippen molar-refractivity contribution < 1.29 is 4.74 Å². The van der Waals surface area contributed by atoms with E-state index in [1.165, 1.54) is 6.33 Å². The van der Waals surface area contributed by atoms with Gasteiger partial charge in [0.1, 0.15) is 17.8 Å². The molecule has 7 heteroatoms. The molecule has 0 bridgehead atoms. The Morgan fingerprint density at radius 1 is 1.35 bits per heavy atom. The predicted octanol–water partition coefficient (Wildman–Crippen LogP) is 1.22. The van der Waals surface area contributed by atoms with Gasteiger partial charge in [-0.05, 0) is 13.8 Å². The second-order valence-electron chi connectivity index (χ2n) is 4.89. The zero-order valence-corrected chi connectivity index (χ0v) is 12.2. The van der Waals surface area contributed by atoms with Gasteiger partial charge in [-0.15, -0.1) is 0 Å². The topological polar surface area (TPSA) is 82.1 Å². The van der Waals surface area contributed by atoms with Crippen LogP contribution in [0.25, 0.3) is 0 Å². The van der Waals surface area contributed by atoms with Gasteiger partial charge in [0.2, 0.25) is 5.88 Å². The Kier molecular flexibility index (Phi) is 4.07. The highest BCUT2D eigenvalue weighted by atomic mass is 16.5. The monoisotopic (exact) mass is 276 g/mol. The standard InChI is InChI=1S/C13H20N6O/c1-9(2)20-13-11(14)12(16-8-17-13)19(4)7-10-15-5-6-18(10)3/h5-6,8-9H,7,14H2,1-4H3. The molecule has 108 valence electrons. The summed E-state index contributed by atoms with van der Waals surface area (Å²) in [5, 5.41) is 0. The van der Waals surface area contributed by atoms with Crippen molar-refractivity contribution in [1.82, 2.24) is 19.5 Å². The molecule has 0 amide bonds. The molecule has 0 aliphatic carbocycles. The zero-order chi connectivity index (χ0) is 14.7. The van der Waals surface area contributed by atoms with E-state index in [1.807, 2.05) is 43.6 Å². The first-order chi connectivity index (χ1) is 9.49. The molecule has 0 aliphatic heterocycles. The van der Waals surface area contributed by atoms with Gasteiger partial charge >= 0.3 is 0 Å². The van der Waals surface area contributed by atoms with Gasteiger partial charge in [0.05, 0.1) is 12.6 Å². The molecule has 0 saturated carbocycles. The maximum atomic E-state index is 6.08. The summed E-state index contributed by atoms with van der Waals surface area (Å²) in [5.41, 5.74) is 6.52. The van der Waals surface area contributed by atoms with Gasteiger partial charge in [-0.1, -0.05) is 0 Å². The number of hydrogen-bond acceptors (Lipinski definition) is 6. The van der Waals surface area contributed by atoms with Crippen LogP contribution in [0.3, 0.4) is 0 Å². The highest BCUT2D eigenvalue weighted by molar-refractivity contribution is 5.67. The van der Waals surface area contributed by atoms with E-state index in [0.29, 0.717) is 23.9 Å². The minimum Gasteiger partial charge on any atom is -0.473 e. The van der Waals surface area contributed by atoms with Crippen molar-refractivity contribution in [3.05, 3.63) is 24.5 Å². The molecule has 0 aromatic carbocycles. The van der Waals surface area contributed by atoms with E-state index in [-0.39, 0.29) is 6.10 Å². The number of nitrogens with zero attached hydrogens (tertiary/aromatic N) is 5. The molecule has 0 radical (unpaired) electrons. The number of nitrogen functional groups attached to an aromatic ring is 1. The van der Waals surface area contributed by atoms with E-state index in [0.717, 1.165) is 5.82 Å². The van der Waals surface area contributed by atoms with Gasteiger partial charge in [-0.2, -0.15) is 4.98 Å². The lowest BCUT2D eigenvalue weighted by Crippen LogP contribution is -2.22. The summed E-state index contributed by atoms with van der Waals surface area (Å²) in [6.45, 7) is 4.46. The average molecular weight is 276 g/mol. The van der Waals surface area contributed by atoms with Crippen molar-refractivity contribution in [2.75, 3.05) is 17.7 Å². The van der Waals surface area contributed by atoms with Crippen LogP contribution in [0.5, 0.6) is 5.88 Å². The van der Waals surface area contributed by atoms with Gasteiger partial charge < -0.3 is 19.9 Å². The molecule has 20 heavy (non-hydrogen) atoms. The third-order valence-corrected chi connectivity index (χ3v) is 2.83. The van der Waals surface area contributed by atoms with Crippen molar-refractivity contribution in [2.24, 2.45) is 7.05 Å². The number of nitrogens with two attached hydrogens (primary N) is 1. The Morgan fingerprint density at radius 3 is 2.70 bits per heavy atom. The number of ether oxygens (including phenoxy) is 1. The summed E-state index contributed by atoms with van der Waals surface area (Å²) < 4.78 is 7.53. The zero-order valence-electron chi connectivity index (χ0n) is 12.2. The fourth-order valence-corrected chi connectivity index (χ4v) is 1.83. The maximum absolute atomic E-state index is 6.08. The normalized spacial score (nSPS) is 10.8. The highest BCUT2D eigenvalue weighted by Crippen LogP contribution is 2.28. The minimum atomic E-state index is 0.0138. The van der Waals surface area contributed by atoms with Crippen molar-refractivity contribution in [1.29, 1.82) is 0 Å². The number of rotatable bonds is 5. The molecule has 0 fully saturated rings. The van der Waals surface area contributed by atoms with E-state index in [9.17, 15) is 0 Å². The molecule has 2 rings (SSSR count). The third-order valence-electron chi connectivity index (χ3n) is 2.83. The molecule has 2 aromatic heterocycles. The Labute approximate surface area is 118 Å². The van der Waals surface area contributed by atoms with E-state index < -0.39 is 0 Å². The molecule has 7 nitrogen and oxygen atoms in total. The fourth-order valence-electron chi connectivity index (χ4n) is 1.83. The smallest absolute Gasteiger partial charge is 0.242 e. The number of aryl methyl sites for hydroxylation is 1. The second-order valence-corrected chi connectivity index (χ2v) is 4.89. The molecule has 0 aliphatic rings. The highest BCUT2D eigenvalue weighted by Gasteiger charge is 2.15. The van der Waals surface area contributed by atoms with E-state index in [2.05, 4.69) is 15.0 Å². The molecule has 2 N–H and O–H groups in total.